The molecular formula is C10H12F2N3O8P. The molecular weight excluding hydrogens is 359 g/mol. The summed E-state index contributed by atoms with van der Waals surface area (Å²) in [6.45, 7) is 0. The highest BCUT2D eigenvalue weighted by atomic mass is 31.2. The minimum absolute atomic E-state index is 0.284. The van der Waals surface area contributed by atoms with Gasteiger partial charge in [-0.05, 0) is 0 Å². The lowest BCUT2D eigenvalue weighted by Crippen LogP contribution is -2.44. The summed E-state index contributed by atoms with van der Waals surface area (Å²) in [7, 11) is -2.17. The van der Waals surface area contributed by atoms with Crippen molar-refractivity contribution in [2.24, 2.45) is 0 Å². The van der Waals surface area contributed by atoms with Gasteiger partial charge in [-0.3, -0.25) is 14.3 Å². The fourth-order valence-electron chi connectivity index (χ4n) is 2.11. The SMILES string of the molecule is CN(O)[C@@H]1[C@@H](OC(=O)P(O)O)O[C@@H](n2cc(F)c(=O)[nH]c2=O)[C@H]1F. The van der Waals surface area contributed by atoms with Crippen molar-refractivity contribution in [3.8, 4) is 0 Å². The van der Waals surface area contributed by atoms with E-state index in [1.165, 1.54) is 0 Å². The molecule has 1 aliphatic heterocycles. The highest BCUT2D eigenvalue weighted by molar-refractivity contribution is 7.63. The third kappa shape index (κ3) is 3.50. The second-order valence-electron chi connectivity index (χ2n) is 4.72. The van der Waals surface area contributed by atoms with Gasteiger partial charge in [0.25, 0.3) is 13.9 Å². The summed E-state index contributed by atoms with van der Waals surface area (Å²) in [5.74, 6) is -1.39. The summed E-state index contributed by atoms with van der Waals surface area (Å²) in [5, 5.41) is 9.74. The summed E-state index contributed by atoms with van der Waals surface area (Å²) in [6, 6.07) is -1.66. The summed E-state index contributed by atoms with van der Waals surface area (Å²) >= 11 is 0. The molecule has 134 valence electrons. The Morgan fingerprint density at radius 3 is 2.67 bits per heavy atom. The fourth-order valence-corrected chi connectivity index (χ4v) is 2.30. The molecule has 1 fully saturated rings. The van der Waals surface area contributed by atoms with Crippen molar-refractivity contribution in [3.63, 3.8) is 0 Å². The Kier molecular flexibility index (Phi) is 5.42. The number of hydrogen-bond donors (Lipinski definition) is 4. The first-order valence-corrected chi connectivity index (χ1v) is 7.49. The van der Waals surface area contributed by atoms with Crippen LogP contribution < -0.4 is 11.2 Å². The number of likely N-dealkylation sites (N-methyl/N-ethyl adjacent to an activating group) is 1. The van der Waals surface area contributed by atoms with E-state index in [4.69, 9.17) is 14.5 Å². The van der Waals surface area contributed by atoms with Crippen LogP contribution in [0.4, 0.5) is 13.6 Å². The summed E-state index contributed by atoms with van der Waals surface area (Å²) in [6.07, 6.45) is -5.50. The van der Waals surface area contributed by atoms with Gasteiger partial charge < -0.3 is 24.5 Å². The Balaban J connectivity index is 2.36. The molecule has 4 N–H and O–H groups in total. The molecule has 0 aromatic carbocycles. The van der Waals surface area contributed by atoms with E-state index in [1.54, 1.807) is 4.98 Å². The zero-order valence-corrected chi connectivity index (χ0v) is 12.8. The minimum atomic E-state index is -3.15. The van der Waals surface area contributed by atoms with Crippen LogP contribution >= 0.6 is 8.38 Å². The average Bonchev–Trinajstić information content (AvgIpc) is 2.79. The number of aromatic amines is 1. The lowest BCUT2D eigenvalue weighted by Gasteiger charge is -2.23. The lowest BCUT2D eigenvalue weighted by atomic mass is 10.2. The van der Waals surface area contributed by atoms with Gasteiger partial charge in [-0.25, -0.2) is 14.0 Å². The van der Waals surface area contributed by atoms with Crippen molar-refractivity contribution < 1.29 is 38.0 Å². The van der Waals surface area contributed by atoms with Gasteiger partial charge in [-0.2, -0.15) is 9.45 Å². The Labute approximate surface area is 132 Å². The van der Waals surface area contributed by atoms with Gasteiger partial charge in [0.1, 0.15) is 6.04 Å². The van der Waals surface area contributed by atoms with Crippen LogP contribution in [0, 0.1) is 5.82 Å². The number of aromatic nitrogens is 2. The number of nitrogens with one attached hydrogen (secondary N) is 1. The molecule has 1 aromatic heterocycles. The first-order valence-electron chi connectivity index (χ1n) is 6.24. The standard InChI is InChI=1S/C10H12F2N3O8P/c1-14(19)5-4(12)7(22-8(5)23-10(18)24(20)21)15-2-3(11)6(16)13-9(15)17/h2,4-5,7-8,19-21H,1H3,(H,13,16,17)/t4-,5-,7+,8+/m0/s1. The van der Waals surface area contributed by atoms with Crippen molar-refractivity contribution in [2.75, 3.05) is 7.05 Å². The first kappa shape index (κ1) is 18.6. The Morgan fingerprint density at radius 1 is 1.50 bits per heavy atom. The third-order valence-corrected chi connectivity index (χ3v) is 3.59. The van der Waals surface area contributed by atoms with Crippen LogP contribution in [0.25, 0.3) is 0 Å². The number of alkyl halides is 1. The van der Waals surface area contributed by atoms with Gasteiger partial charge in [0, 0.05) is 7.05 Å². The molecule has 0 spiro atoms. The van der Waals surface area contributed by atoms with Crippen LogP contribution in [0.2, 0.25) is 0 Å². The van der Waals surface area contributed by atoms with Crippen LogP contribution in [0.1, 0.15) is 6.23 Å². The quantitative estimate of drug-likeness (QED) is 0.385. The molecule has 0 saturated carbocycles. The zero-order chi connectivity index (χ0) is 18.2. The maximum absolute atomic E-state index is 14.5. The average molecular weight is 371 g/mol. The monoisotopic (exact) mass is 371 g/mol. The fraction of sp³-hybridized carbons (Fsp3) is 0.500. The van der Waals surface area contributed by atoms with E-state index in [0.29, 0.717) is 10.8 Å². The molecule has 2 rings (SSSR count). The molecule has 0 unspecified atom stereocenters. The second kappa shape index (κ2) is 7.01. The molecule has 0 bridgehead atoms. The van der Waals surface area contributed by atoms with Crippen molar-refractivity contribution in [3.05, 3.63) is 32.9 Å². The number of carbonyl (C=O) groups excluding carboxylic acids is 1. The van der Waals surface area contributed by atoms with E-state index in [0.717, 1.165) is 7.05 Å². The molecule has 0 aliphatic carbocycles. The molecule has 14 heteroatoms. The number of H-pyrrole nitrogens is 1. The van der Waals surface area contributed by atoms with Gasteiger partial charge in [0.15, 0.2) is 12.4 Å². The van der Waals surface area contributed by atoms with E-state index in [-0.39, 0.29) is 5.06 Å². The Morgan fingerprint density at radius 2 is 2.12 bits per heavy atom. The van der Waals surface area contributed by atoms with E-state index < -0.39 is 55.9 Å². The molecule has 1 aliphatic rings. The molecule has 24 heavy (non-hydrogen) atoms. The van der Waals surface area contributed by atoms with Gasteiger partial charge >= 0.3 is 11.4 Å². The highest BCUT2D eigenvalue weighted by Crippen LogP contribution is 2.36. The zero-order valence-electron chi connectivity index (χ0n) is 11.9. The topological polar surface area (TPSA) is 154 Å². The van der Waals surface area contributed by atoms with Crippen LogP contribution in [0.15, 0.2) is 15.8 Å². The van der Waals surface area contributed by atoms with Crippen molar-refractivity contribution >= 4 is 14.1 Å². The molecule has 11 nitrogen and oxygen atoms in total. The highest BCUT2D eigenvalue weighted by Gasteiger charge is 2.51. The minimum Gasteiger partial charge on any atom is -0.427 e. The number of hydroxylamine groups is 2. The predicted octanol–water partition coefficient (Wildman–Crippen LogP) is -1.01. The van der Waals surface area contributed by atoms with Crippen molar-refractivity contribution in [1.82, 2.24) is 14.6 Å². The van der Waals surface area contributed by atoms with Crippen LogP contribution in [-0.2, 0) is 9.47 Å². The summed E-state index contributed by atoms with van der Waals surface area (Å²) in [4.78, 5) is 53.0. The molecule has 1 aromatic rings. The molecule has 2 heterocycles. The number of rotatable bonds is 4. The second-order valence-corrected chi connectivity index (χ2v) is 5.66. The summed E-state index contributed by atoms with van der Waals surface area (Å²) in [5.41, 5.74) is -4.06. The third-order valence-electron chi connectivity index (χ3n) is 3.16. The maximum atomic E-state index is 14.5. The summed E-state index contributed by atoms with van der Waals surface area (Å²) < 4.78 is 37.7. The van der Waals surface area contributed by atoms with Gasteiger partial charge in [-0.15, -0.1) is 0 Å². The van der Waals surface area contributed by atoms with Gasteiger partial charge in [-0.1, -0.05) is 0 Å². The maximum Gasteiger partial charge on any atom is 0.386 e. The number of hydrogen-bond acceptors (Lipinski definition) is 9. The lowest BCUT2D eigenvalue weighted by molar-refractivity contribution is -0.180. The first-order chi connectivity index (χ1) is 11.1. The van der Waals surface area contributed by atoms with Crippen molar-refractivity contribution in [1.29, 1.82) is 0 Å². The molecule has 4 atom stereocenters. The van der Waals surface area contributed by atoms with E-state index >= 15 is 0 Å². The van der Waals surface area contributed by atoms with Crippen LogP contribution in [0.5, 0.6) is 0 Å². The molecule has 0 amide bonds. The van der Waals surface area contributed by atoms with Crippen molar-refractivity contribution in [2.45, 2.75) is 24.7 Å². The number of carbonyl (C=O) groups is 1. The van der Waals surface area contributed by atoms with Gasteiger partial charge in [0.05, 0.1) is 6.20 Å². The molecule has 1 saturated heterocycles. The Bertz CT molecular complexity index is 738. The number of nitrogens with zero attached hydrogens (tertiary/aromatic N) is 2. The Hall–Kier alpha value is -1.76. The molecule has 0 radical (unpaired) electrons. The smallest absolute Gasteiger partial charge is 0.386 e. The van der Waals surface area contributed by atoms with E-state index in [9.17, 15) is 28.4 Å². The normalized spacial score (nSPS) is 27.0. The van der Waals surface area contributed by atoms with Crippen LogP contribution in [0.3, 0.4) is 0 Å². The van der Waals surface area contributed by atoms with Gasteiger partial charge in [0.2, 0.25) is 12.1 Å². The van der Waals surface area contributed by atoms with Crippen LogP contribution in [-0.4, -0.2) is 60.9 Å². The predicted molar refractivity (Wildman–Crippen MR) is 71.3 cm³/mol. The van der Waals surface area contributed by atoms with E-state index in [1.807, 2.05) is 0 Å². The number of halogens is 2. The van der Waals surface area contributed by atoms with E-state index in [2.05, 4.69) is 4.74 Å². The number of ether oxygens (including phenoxy) is 2. The largest absolute Gasteiger partial charge is 0.427 e.